The summed E-state index contributed by atoms with van der Waals surface area (Å²) in [5, 5.41) is 0. The Morgan fingerprint density at radius 2 is 1.40 bits per heavy atom. The third kappa shape index (κ3) is 3.52. The van der Waals surface area contributed by atoms with E-state index in [1.807, 2.05) is 0 Å². The van der Waals surface area contributed by atoms with E-state index in [0.29, 0.717) is 0 Å². The Labute approximate surface area is 91.8 Å². The summed E-state index contributed by atoms with van der Waals surface area (Å²) >= 11 is 0. The average molecular weight is 202 g/mol. The number of hydrogen-bond acceptors (Lipinski definition) is 1. The zero-order valence-corrected chi connectivity index (χ0v) is 9.11. The van der Waals surface area contributed by atoms with E-state index in [-0.39, 0.29) is 0 Å². The predicted molar refractivity (Wildman–Crippen MR) is 63.7 cm³/mol. The summed E-state index contributed by atoms with van der Waals surface area (Å²) in [5.41, 5.74) is 2.85. The molecule has 0 radical (unpaired) electrons. The van der Waals surface area contributed by atoms with Crippen LogP contribution < -0.4 is 0 Å². The minimum atomic E-state index is 0.854. The van der Waals surface area contributed by atoms with E-state index >= 15 is 0 Å². The zero-order valence-electron chi connectivity index (χ0n) is 9.11. The molecule has 0 aromatic heterocycles. The van der Waals surface area contributed by atoms with Crippen molar-refractivity contribution in [2.24, 2.45) is 0 Å². The second-order valence-corrected chi connectivity index (χ2v) is 3.95. The first-order valence-electron chi connectivity index (χ1n) is 5.74. The highest BCUT2D eigenvalue weighted by atomic mass is 16.5. The van der Waals surface area contributed by atoms with Gasteiger partial charge in [-0.3, -0.25) is 0 Å². The monoisotopic (exact) mass is 202 g/mol. The van der Waals surface area contributed by atoms with Gasteiger partial charge in [-0.1, -0.05) is 36.5 Å². The van der Waals surface area contributed by atoms with Crippen LogP contribution >= 0.6 is 0 Å². The summed E-state index contributed by atoms with van der Waals surface area (Å²) in [5.74, 6) is 0. The smallest absolute Gasteiger partial charge is 0.0506 e. The molecule has 0 aliphatic heterocycles. The van der Waals surface area contributed by atoms with Gasteiger partial charge in [-0.05, 0) is 36.8 Å². The highest BCUT2D eigenvalue weighted by Gasteiger charge is 1.99. The second-order valence-electron chi connectivity index (χ2n) is 3.95. The molecular formula is C14H18O. The van der Waals surface area contributed by atoms with Crippen molar-refractivity contribution < 1.29 is 4.74 Å². The van der Waals surface area contributed by atoms with Crippen molar-refractivity contribution in [3.8, 4) is 0 Å². The normalized spacial score (nSPS) is 18.4. The molecule has 80 valence electrons. The highest BCUT2D eigenvalue weighted by molar-refractivity contribution is 5.26. The topological polar surface area (TPSA) is 9.23 Å². The molecule has 0 atom stereocenters. The van der Waals surface area contributed by atoms with Crippen molar-refractivity contribution >= 4 is 0 Å². The SMILES string of the molecule is C1=CC(CCOCCC2=CCC=C2)=CC1. The van der Waals surface area contributed by atoms with Gasteiger partial charge in [0.05, 0.1) is 13.2 Å². The summed E-state index contributed by atoms with van der Waals surface area (Å²) in [4.78, 5) is 0. The fourth-order valence-corrected chi connectivity index (χ4v) is 1.87. The van der Waals surface area contributed by atoms with Crippen LogP contribution in [0.4, 0.5) is 0 Å². The van der Waals surface area contributed by atoms with Gasteiger partial charge < -0.3 is 4.74 Å². The van der Waals surface area contributed by atoms with Gasteiger partial charge in [0, 0.05) is 0 Å². The lowest BCUT2D eigenvalue weighted by Crippen LogP contribution is -1.98. The summed E-state index contributed by atoms with van der Waals surface area (Å²) in [6.07, 6.45) is 17.7. The molecule has 0 saturated carbocycles. The Balaban J connectivity index is 1.52. The van der Waals surface area contributed by atoms with E-state index < -0.39 is 0 Å². The average Bonchev–Trinajstić information content (AvgIpc) is 2.88. The summed E-state index contributed by atoms with van der Waals surface area (Å²) in [6, 6.07) is 0. The third-order valence-corrected chi connectivity index (χ3v) is 2.77. The molecule has 2 aliphatic rings. The van der Waals surface area contributed by atoms with Crippen molar-refractivity contribution in [2.45, 2.75) is 25.7 Å². The lowest BCUT2D eigenvalue weighted by molar-refractivity contribution is 0.141. The summed E-state index contributed by atoms with van der Waals surface area (Å²) < 4.78 is 5.61. The molecule has 15 heavy (non-hydrogen) atoms. The molecule has 1 heteroatoms. The maximum Gasteiger partial charge on any atom is 0.0506 e. The van der Waals surface area contributed by atoms with Crippen molar-refractivity contribution in [1.29, 1.82) is 0 Å². The first-order valence-corrected chi connectivity index (χ1v) is 5.74. The van der Waals surface area contributed by atoms with E-state index in [1.54, 1.807) is 0 Å². The van der Waals surface area contributed by atoms with Gasteiger partial charge >= 0.3 is 0 Å². The Kier molecular flexibility index (Phi) is 3.98. The van der Waals surface area contributed by atoms with Crippen molar-refractivity contribution in [1.82, 2.24) is 0 Å². The predicted octanol–water partition coefficient (Wildman–Crippen LogP) is 3.56. The van der Waals surface area contributed by atoms with Gasteiger partial charge in [0.15, 0.2) is 0 Å². The van der Waals surface area contributed by atoms with Crippen LogP contribution in [0.3, 0.4) is 0 Å². The second kappa shape index (κ2) is 5.72. The van der Waals surface area contributed by atoms with Crippen molar-refractivity contribution in [3.05, 3.63) is 47.6 Å². The summed E-state index contributed by atoms with van der Waals surface area (Å²) in [6.45, 7) is 1.71. The maximum absolute atomic E-state index is 5.61. The minimum absolute atomic E-state index is 0.854. The fourth-order valence-electron chi connectivity index (χ4n) is 1.87. The molecule has 0 fully saturated rings. The molecular weight excluding hydrogens is 184 g/mol. The maximum atomic E-state index is 5.61. The van der Waals surface area contributed by atoms with Crippen molar-refractivity contribution in [3.63, 3.8) is 0 Å². The van der Waals surface area contributed by atoms with Gasteiger partial charge in [0.1, 0.15) is 0 Å². The lowest BCUT2D eigenvalue weighted by atomic mass is 10.2. The molecule has 0 heterocycles. The summed E-state index contributed by atoms with van der Waals surface area (Å²) in [7, 11) is 0. The first-order chi connectivity index (χ1) is 7.45. The van der Waals surface area contributed by atoms with E-state index in [4.69, 9.17) is 4.74 Å². The quantitative estimate of drug-likeness (QED) is 0.598. The third-order valence-electron chi connectivity index (χ3n) is 2.77. The van der Waals surface area contributed by atoms with Gasteiger partial charge in [-0.2, -0.15) is 0 Å². The van der Waals surface area contributed by atoms with E-state index in [9.17, 15) is 0 Å². The Hall–Kier alpha value is -1.08. The number of rotatable bonds is 6. The van der Waals surface area contributed by atoms with E-state index in [2.05, 4.69) is 36.5 Å². The van der Waals surface area contributed by atoms with Crippen LogP contribution in [0.15, 0.2) is 47.6 Å². The van der Waals surface area contributed by atoms with Gasteiger partial charge in [-0.25, -0.2) is 0 Å². The number of hydrogen-bond donors (Lipinski definition) is 0. The van der Waals surface area contributed by atoms with Crippen LogP contribution in [-0.4, -0.2) is 13.2 Å². The molecule has 2 aliphatic carbocycles. The Morgan fingerprint density at radius 3 is 1.80 bits per heavy atom. The molecule has 0 aromatic carbocycles. The largest absolute Gasteiger partial charge is 0.381 e. The highest BCUT2D eigenvalue weighted by Crippen LogP contribution is 2.14. The lowest BCUT2D eigenvalue weighted by Gasteiger charge is -2.03. The van der Waals surface area contributed by atoms with Crippen LogP contribution in [0, 0.1) is 0 Å². The van der Waals surface area contributed by atoms with Crippen LogP contribution in [0.2, 0.25) is 0 Å². The molecule has 1 nitrogen and oxygen atoms in total. The molecule has 0 N–H and O–H groups in total. The molecule has 0 aromatic rings. The van der Waals surface area contributed by atoms with Crippen LogP contribution in [0.25, 0.3) is 0 Å². The fraction of sp³-hybridized carbons (Fsp3) is 0.429. The van der Waals surface area contributed by atoms with Gasteiger partial charge in [-0.15, -0.1) is 0 Å². The van der Waals surface area contributed by atoms with E-state index in [0.717, 1.165) is 38.9 Å². The molecule has 0 spiro atoms. The van der Waals surface area contributed by atoms with Crippen LogP contribution in [0.5, 0.6) is 0 Å². The molecule has 0 amide bonds. The number of allylic oxidation sites excluding steroid dienone is 6. The Morgan fingerprint density at radius 1 is 0.867 bits per heavy atom. The molecule has 0 saturated heterocycles. The first kappa shape index (κ1) is 10.4. The van der Waals surface area contributed by atoms with Crippen LogP contribution in [0.1, 0.15) is 25.7 Å². The van der Waals surface area contributed by atoms with Gasteiger partial charge in [0.25, 0.3) is 0 Å². The molecule has 0 bridgehead atoms. The van der Waals surface area contributed by atoms with E-state index in [1.165, 1.54) is 11.1 Å². The minimum Gasteiger partial charge on any atom is -0.381 e. The van der Waals surface area contributed by atoms with Gasteiger partial charge in [0.2, 0.25) is 0 Å². The molecule has 0 unspecified atom stereocenters. The van der Waals surface area contributed by atoms with Crippen molar-refractivity contribution in [2.75, 3.05) is 13.2 Å². The standard InChI is InChI=1S/C14H18O/c1-2-6-13(5-1)9-11-15-12-10-14-7-3-4-8-14/h1,3,5-8H,2,4,9-12H2. The zero-order chi connectivity index (χ0) is 10.3. The number of ether oxygens (including phenoxy) is 1. The molecule has 2 rings (SSSR count). The Bertz CT molecular complexity index is 286. The van der Waals surface area contributed by atoms with Crippen LogP contribution in [-0.2, 0) is 4.74 Å².